The van der Waals surface area contributed by atoms with Gasteiger partial charge in [0.15, 0.2) is 11.5 Å². The maximum Gasteiger partial charge on any atom is 0.222 e. The Morgan fingerprint density at radius 1 is 1.20 bits per heavy atom. The minimum atomic E-state index is 0.449. The van der Waals surface area contributed by atoms with Crippen LogP contribution in [0, 0.1) is 6.92 Å². The van der Waals surface area contributed by atoms with Crippen LogP contribution in [-0.2, 0) is 5.88 Å². The summed E-state index contributed by atoms with van der Waals surface area (Å²) in [7, 11) is 0. The normalized spacial score (nSPS) is 10.3. The highest BCUT2D eigenvalue weighted by atomic mass is 35.5. The molecule has 0 radical (unpaired) electrons. The number of hydrogen-bond acceptors (Lipinski definition) is 3. The number of hydrogen-bond donors (Lipinski definition) is 0. The van der Waals surface area contributed by atoms with E-state index in [0.717, 1.165) is 23.3 Å². The van der Waals surface area contributed by atoms with Gasteiger partial charge in [-0.1, -0.05) is 19.1 Å². The molecule has 0 spiro atoms. The summed E-state index contributed by atoms with van der Waals surface area (Å²) in [4.78, 5) is 4.30. The van der Waals surface area contributed by atoms with Gasteiger partial charge in [-0.25, -0.2) is 4.98 Å². The zero-order chi connectivity index (χ0) is 14.4. The molecule has 0 saturated heterocycles. The highest BCUT2D eigenvalue weighted by Gasteiger charge is 2.09. The van der Waals surface area contributed by atoms with Crippen molar-refractivity contribution in [2.24, 2.45) is 0 Å². The number of aromatic nitrogens is 1. The van der Waals surface area contributed by atoms with Gasteiger partial charge in [0, 0.05) is 17.6 Å². The van der Waals surface area contributed by atoms with E-state index in [2.05, 4.69) is 11.9 Å². The Morgan fingerprint density at radius 2 is 1.95 bits per heavy atom. The molecule has 0 saturated carbocycles. The summed E-state index contributed by atoms with van der Waals surface area (Å²) in [6, 6.07) is 9.59. The fourth-order valence-corrected chi connectivity index (χ4v) is 1.92. The van der Waals surface area contributed by atoms with Gasteiger partial charge >= 0.3 is 0 Å². The quantitative estimate of drug-likeness (QED) is 0.722. The first-order valence-corrected chi connectivity index (χ1v) is 7.19. The molecule has 0 atom stereocenters. The topological polar surface area (TPSA) is 31.4 Å². The number of para-hydroxylation sites is 2. The standard InChI is InChI=1S/C16H18ClNO2/c1-3-8-19-14-6-4-5-7-15(14)20-16-12(2)9-13(10-17)11-18-16/h4-7,9,11H,3,8,10H2,1-2H3. The molecule has 0 bridgehead atoms. The molecule has 0 unspecified atom stereocenters. The second-order valence-corrected chi connectivity index (χ2v) is 4.76. The lowest BCUT2D eigenvalue weighted by Gasteiger charge is -2.12. The van der Waals surface area contributed by atoms with Crippen molar-refractivity contribution in [1.29, 1.82) is 0 Å². The van der Waals surface area contributed by atoms with Crippen LogP contribution in [0.3, 0.4) is 0 Å². The molecule has 0 aliphatic carbocycles. The van der Waals surface area contributed by atoms with Crippen molar-refractivity contribution in [2.45, 2.75) is 26.1 Å². The summed E-state index contributed by atoms with van der Waals surface area (Å²) < 4.78 is 11.5. The fraction of sp³-hybridized carbons (Fsp3) is 0.312. The van der Waals surface area contributed by atoms with Crippen LogP contribution in [0.4, 0.5) is 0 Å². The van der Waals surface area contributed by atoms with Crippen LogP contribution < -0.4 is 9.47 Å². The second kappa shape index (κ2) is 7.15. The van der Waals surface area contributed by atoms with E-state index in [1.165, 1.54) is 0 Å². The van der Waals surface area contributed by atoms with Gasteiger partial charge < -0.3 is 9.47 Å². The first kappa shape index (κ1) is 14.7. The summed E-state index contributed by atoms with van der Waals surface area (Å²) in [6.07, 6.45) is 2.68. The third-order valence-corrected chi connectivity index (χ3v) is 3.07. The largest absolute Gasteiger partial charge is 0.490 e. The molecule has 0 aliphatic rings. The Labute approximate surface area is 124 Å². The SMILES string of the molecule is CCCOc1ccccc1Oc1ncc(CCl)cc1C. The van der Waals surface area contributed by atoms with Crippen LogP contribution in [0.1, 0.15) is 24.5 Å². The van der Waals surface area contributed by atoms with Crippen molar-refractivity contribution in [2.75, 3.05) is 6.61 Å². The zero-order valence-corrected chi connectivity index (χ0v) is 12.5. The smallest absolute Gasteiger partial charge is 0.222 e. The molecule has 1 aromatic heterocycles. The number of halogens is 1. The predicted molar refractivity (Wildman–Crippen MR) is 80.8 cm³/mol. The van der Waals surface area contributed by atoms with E-state index in [1.807, 2.05) is 37.3 Å². The van der Waals surface area contributed by atoms with E-state index in [-0.39, 0.29) is 0 Å². The lowest BCUT2D eigenvalue weighted by Crippen LogP contribution is -1.99. The molecule has 0 fully saturated rings. The molecule has 4 heteroatoms. The number of nitrogens with zero attached hydrogens (tertiary/aromatic N) is 1. The number of pyridine rings is 1. The highest BCUT2D eigenvalue weighted by molar-refractivity contribution is 6.17. The van der Waals surface area contributed by atoms with Crippen molar-refractivity contribution in [1.82, 2.24) is 4.98 Å². The zero-order valence-electron chi connectivity index (χ0n) is 11.7. The van der Waals surface area contributed by atoms with Gasteiger partial charge in [0.2, 0.25) is 5.88 Å². The van der Waals surface area contributed by atoms with Crippen molar-refractivity contribution in [3.05, 3.63) is 47.7 Å². The first-order chi connectivity index (χ1) is 9.74. The van der Waals surface area contributed by atoms with Crippen LogP contribution in [0.15, 0.2) is 36.5 Å². The van der Waals surface area contributed by atoms with Gasteiger partial charge in [-0.3, -0.25) is 0 Å². The molecule has 3 nitrogen and oxygen atoms in total. The summed E-state index contributed by atoms with van der Waals surface area (Å²) in [5.74, 6) is 2.43. The molecule has 2 aromatic rings. The molecular formula is C16H18ClNO2. The summed E-state index contributed by atoms with van der Waals surface area (Å²) in [5.41, 5.74) is 1.93. The summed E-state index contributed by atoms with van der Waals surface area (Å²) >= 11 is 5.79. The number of rotatable bonds is 6. The van der Waals surface area contributed by atoms with Gasteiger partial charge in [-0.05, 0) is 37.1 Å². The summed E-state index contributed by atoms with van der Waals surface area (Å²) in [6.45, 7) is 4.69. The third kappa shape index (κ3) is 3.64. The molecule has 1 heterocycles. The van der Waals surface area contributed by atoms with Gasteiger partial charge in [-0.15, -0.1) is 11.6 Å². The lowest BCUT2D eigenvalue weighted by molar-refractivity contribution is 0.300. The molecule has 0 amide bonds. The van der Waals surface area contributed by atoms with Crippen LogP contribution in [0.2, 0.25) is 0 Å². The van der Waals surface area contributed by atoms with Gasteiger partial charge in [-0.2, -0.15) is 0 Å². The average molecular weight is 292 g/mol. The Balaban J connectivity index is 2.21. The van der Waals surface area contributed by atoms with Crippen LogP contribution in [-0.4, -0.2) is 11.6 Å². The third-order valence-electron chi connectivity index (χ3n) is 2.76. The number of aryl methyl sites for hydroxylation is 1. The maximum atomic E-state index is 5.86. The van der Waals surface area contributed by atoms with Crippen molar-refractivity contribution in [3.8, 4) is 17.4 Å². The van der Waals surface area contributed by atoms with E-state index in [0.29, 0.717) is 24.1 Å². The van der Waals surface area contributed by atoms with Crippen LogP contribution in [0.25, 0.3) is 0 Å². The van der Waals surface area contributed by atoms with Crippen LogP contribution >= 0.6 is 11.6 Å². The Kier molecular flexibility index (Phi) is 5.24. The van der Waals surface area contributed by atoms with Gasteiger partial charge in [0.1, 0.15) is 0 Å². The minimum Gasteiger partial charge on any atom is -0.490 e. The Bertz CT molecular complexity index is 572. The minimum absolute atomic E-state index is 0.449. The van der Waals surface area contributed by atoms with E-state index in [4.69, 9.17) is 21.1 Å². The molecule has 106 valence electrons. The number of alkyl halides is 1. The van der Waals surface area contributed by atoms with Gasteiger partial charge in [0.05, 0.1) is 6.61 Å². The average Bonchev–Trinajstić information content (AvgIpc) is 2.48. The van der Waals surface area contributed by atoms with E-state index < -0.39 is 0 Å². The Morgan fingerprint density at radius 3 is 2.60 bits per heavy atom. The highest BCUT2D eigenvalue weighted by Crippen LogP contribution is 2.32. The molecule has 2 rings (SSSR count). The van der Waals surface area contributed by atoms with E-state index >= 15 is 0 Å². The molecular weight excluding hydrogens is 274 g/mol. The first-order valence-electron chi connectivity index (χ1n) is 6.65. The van der Waals surface area contributed by atoms with Crippen molar-refractivity contribution >= 4 is 11.6 Å². The summed E-state index contributed by atoms with van der Waals surface area (Å²) in [5, 5.41) is 0. The van der Waals surface area contributed by atoms with Crippen molar-refractivity contribution < 1.29 is 9.47 Å². The van der Waals surface area contributed by atoms with Crippen molar-refractivity contribution in [3.63, 3.8) is 0 Å². The van der Waals surface area contributed by atoms with Crippen LogP contribution in [0.5, 0.6) is 17.4 Å². The maximum absolute atomic E-state index is 5.86. The molecule has 20 heavy (non-hydrogen) atoms. The van der Waals surface area contributed by atoms with Gasteiger partial charge in [0.25, 0.3) is 0 Å². The molecule has 1 aromatic carbocycles. The number of benzene rings is 1. The number of ether oxygens (including phenoxy) is 2. The Hall–Kier alpha value is -1.74. The van der Waals surface area contributed by atoms with E-state index in [1.54, 1.807) is 6.20 Å². The monoisotopic (exact) mass is 291 g/mol. The van der Waals surface area contributed by atoms with E-state index in [9.17, 15) is 0 Å². The molecule has 0 N–H and O–H groups in total. The lowest BCUT2D eigenvalue weighted by atomic mass is 10.2. The second-order valence-electron chi connectivity index (χ2n) is 4.50. The fourth-order valence-electron chi connectivity index (χ4n) is 1.77. The molecule has 0 aliphatic heterocycles. The predicted octanol–water partition coefficient (Wildman–Crippen LogP) is 4.71.